The molecular formula is C12H2Br2Cl4O2. The van der Waals surface area contributed by atoms with E-state index in [0.717, 1.165) is 0 Å². The average Bonchev–Trinajstić information content (AvgIpc) is 2.41. The van der Waals surface area contributed by atoms with Gasteiger partial charge in [0.2, 0.25) is 0 Å². The van der Waals surface area contributed by atoms with Crippen molar-refractivity contribution < 1.29 is 9.47 Å². The van der Waals surface area contributed by atoms with Crippen molar-refractivity contribution in [2.24, 2.45) is 0 Å². The normalized spacial score (nSPS) is 12.3. The van der Waals surface area contributed by atoms with E-state index in [9.17, 15) is 0 Å². The quantitative estimate of drug-likeness (QED) is 0.307. The van der Waals surface area contributed by atoms with E-state index in [4.69, 9.17) is 55.9 Å². The molecule has 1 aliphatic rings. The topological polar surface area (TPSA) is 18.5 Å². The molecule has 1 aliphatic heterocycles. The monoisotopic (exact) mass is 476 g/mol. The molecule has 2 aromatic carbocycles. The first kappa shape index (κ1) is 15.1. The summed E-state index contributed by atoms with van der Waals surface area (Å²) in [4.78, 5) is 0. The minimum Gasteiger partial charge on any atom is -0.447 e. The predicted octanol–water partition coefficient (Wildman–Crippen LogP) is 7.72. The lowest BCUT2D eigenvalue weighted by atomic mass is 10.2. The Labute approximate surface area is 151 Å². The van der Waals surface area contributed by atoms with Gasteiger partial charge in [-0.3, -0.25) is 0 Å². The number of fused-ring (bicyclic) bond motifs is 2. The van der Waals surface area contributed by atoms with Crippen LogP contribution < -0.4 is 9.47 Å². The van der Waals surface area contributed by atoms with Crippen LogP contribution in [0.2, 0.25) is 20.1 Å². The van der Waals surface area contributed by atoms with Crippen LogP contribution in [0.15, 0.2) is 21.1 Å². The van der Waals surface area contributed by atoms with Gasteiger partial charge in [0.25, 0.3) is 0 Å². The number of ether oxygens (including phenoxy) is 2. The molecule has 20 heavy (non-hydrogen) atoms. The van der Waals surface area contributed by atoms with Gasteiger partial charge in [-0.25, -0.2) is 0 Å². The second-order valence-electron chi connectivity index (χ2n) is 3.83. The van der Waals surface area contributed by atoms with E-state index in [1.807, 2.05) is 0 Å². The van der Waals surface area contributed by atoms with Crippen LogP contribution >= 0.6 is 78.3 Å². The van der Waals surface area contributed by atoms with Crippen molar-refractivity contribution >= 4 is 78.3 Å². The summed E-state index contributed by atoms with van der Waals surface area (Å²) in [5, 5.41) is 1.46. The lowest BCUT2D eigenvalue weighted by Crippen LogP contribution is -2.02. The molecule has 0 aliphatic carbocycles. The number of benzene rings is 2. The molecule has 0 atom stereocenters. The van der Waals surface area contributed by atoms with Crippen molar-refractivity contribution in [3.63, 3.8) is 0 Å². The standard InChI is InChI=1S/C12H2Br2Cl4O2/c13-7-3(15)1-5(17)9-11(7)20-10-6(18)2-4(16)8(14)12(10)19-9/h1-2H. The van der Waals surface area contributed by atoms with Crippen LogP contribution in [-0.4, -0.2) is 0 Å². The van der Waals surface area contributed by atoms with Gasteiger partial charge in [-0.15, -0.1) is 0 Å². The highest BCUT2D eigenvalue weighted by Gasteiger charge is 2.30. The van der Waals surface area contributed by atoms with Gasteiger partial charge in [0.05, 0.1) is 29.0 Å². The van der Waals surface area contributed by atoms with Gasteiger partial charge in [0, 0.05) is 0 Å². The molecule has 0 N–H and O–H groups in total. The highest BCUT2D eigenvalue weighted by Crippen LogP contribution is 2.58. The number of hydrogen-bond acceptors (Lipinski definition) is 2. The zero-order valence-electron chi connectivity index (χ0n) is 9.24. The molecule has 0 radical (unpaired) electrons. The Morgan fingerprint density at radius 3 is 1.30 bits per heavy atom. The van der Waals surface area contributed by atoms with E-state index in [0.29, 0.717) is 52.0 Å². The van der Waals surface area contributed by atoms with Gasteiger partial charge in [-0.2, -0.15) is 0 Å². The average molecular weight is 480 g/mol. The van der Waals surface area contributed by atoms with Crippen molar-refractivity contribution in [2.45, 2.75) is 0 Å². The Hall–Kier alpha value is 0.160. The third kappa shape index (κ3) is 2.31. The fraction of sp³-hybridized carbons (Fsp3) is 0. The molecule has 2 nitrogen and oxygen atoms in total. The molecule has 0 saturated heterocycles. The zero-order valence-corrected chi connectivity index (χ0v) is 15.4. The molecule has 0 bridgehead atoms. The number of halogens is 6. The van der Waals surface area contributed by atoms with Crippen molar-refractivity contribution in [1.29, 1.82) is 0 Å². The van der Waals surface area contributed by atoms with Crippen molar-refractivity contribution in [3.8, 4) is 23.0 Å². The lowest BCUT2D eigenvalue weighted by molar-refractivity contribution is 0.356. The molecule has 2 aromatic rings. The maximum absolute atomic E-state index is 6.13. The van der Waals surface area contributed by atoms with Crippen LogP contribution in [-0.2, 0) is 0 Å². The third-order valence-electron chi connectivity index (χ3n) is 2.58. The van der Waals surface area contributed by atoms with E-state index in [2.05, 4.69) is 31.9 Å². The summed E-state index contributed by atoms with van der Waals surface area (Å²) in [7, 11) is 0. The molecule has 104 valence electrons. The van der Waals surface area contributed by atoms with Crippen LogP contribution in [0.4, 0.5) is 0 Å². The second kappa shape index (κ2) is 5.41. The van der Waals surface area contributed by atoms with E-state index >= 15 is 0 Å². The lowest BCUT2D eigenvalue weighted by Gasteiger charge is -2.24. The summed E-state index contributed by atoms with van der Waals surface area (Å²) in [6.45, 7) is 0. The van der Waals surface area contributed by atoms with Crippen LogP contribution in [0, 0.1) is 0 Å². The molecule has 3 rings (SSSR count). The Morgan fingerprint density at radius 1 is 0.600 bits per heavy atom. The zero-order chi connectivity index (χ0) is 14.6. The Bertz CT molecular complexity index is 686. The Kier molecular flexibility index (Phi) is 4.08. The SMILES string of the molecule is Clc1cc(Cl)c2c(c1Br)Oc1c(Cl)cc(Cl)c(Br)c1O2. The van der Waals surface area contributed by atoms with Crippen molar-refractivity contribution in [3.05, 3.63) is 41.2 Å². The summed E-state index contributed by atoms with van der Waals surface area (Å²) in [6.07, 6.45) is 0. The third-order valence-corrected chi connectivity index (χ3v) is 5.77. The first-order chi connectivity index (χ1) is 9.40. The fourth-order valence-corrected chi connectivity index (χ4v) is 3.41. The number of hydrogen-bond donors (Lipinski definition) is 0. The van der Waals surface area contributed by atoms with Gasteiger partial charge < -0.3 is 9.47 Å². The van der Waals surface area contributed by atoms with Gasteiger partial charge in [-0.05, 0) is 44.0 Å². The molecule has 0 fully saturated rings. The van der Waals surface area contributed by atoms with E-state index in [-0.39, 0.29) is 0 Å². The van der Waals surface area contributed by atoms with Gasteiger partial charge in [0.1, 0.15) is 0 Å². The minimum absolute atomic E-state index is 0.321. The van der Waals surface area contributed by atoms with Crippen LogP contribution in [0.25, 0.3) is 0 Å². The van der Waals surface area contributed by atoms with E-state index in [1.54, 1.807) is 12.1 Å². The van der Waals surface area contributed by atoms with Crippen LogP contribution in [0.5, 0.6) is 23.0 Å². The predicted molar refractivity (Wildman–Crippen MR) is 88.5 cm³/mol. The van der Waals surface area contributed by atoms with E-state index in [1.165, 1.54) is 0 Å². The second-order valence-corrected chi connectivity index (χ2v) is 7.04. The van der Waals surface area contributed by atoms with Gasteiger partial charge >= 0.3 is 0 Å². The summed E-state index contributed by atoms with van der Waals surface area (Å²) in [5.41, 5.74) is 0. The molecule has 0 amide bonds. The summed E-state index contributed by atoms with van der Waals surface area (Å²) < 4.78 is 12.6. The molecule has 1 heterocycles. The van der Waals surface area contributed by atoms with Gasteiger partial charge in [0.15, 0.2) is 23.0 Å². The Morgan fingerprint density at radius 2 is 0.950 bits per heavy atom. The molecule has 0 unspecified atom stereocenters. The smallest absolute Gasteiger partial charge is 0.190 e. The molecular weight excluding hydrogens is 478 g/mol. The maximum atomic E-state index is 6.13. The minimum atomic E-state index is 0.321. The van der Waals surface area contributed by atoms with Crippen LogP contribution in [0.3, 0.4) is 0 Å². The summed E-state index contributed by atoms with van der Waals surface area (Å²) >= 11 is 31.0. The van der Waals surface area contributed by atoms with E-state index < -0.39 is 0 Å². The van der Waals surface area contributed by atoms with Crippen molar-refractivity contribution in [2.75, 3.05) is 0 Å². The van der Waals surface area contributed by atoms with Crippen LogP contribution in [0.1, 0.15) is 0 Å². The largest absolute Gasteiger partial charge is 0.447 e. The Balaban J connectivity index is 2.27. The van der Waals surface area contributed by atoms with Crippen molar-refractivity contribution in [1.82, 2.24) is 0 Å². The first-order valence-corrected chi connectivity index (χ1v) is 8.20. The molecule has 0 spiro atoms. The van der Waals surface area contributed by atoms with Gasteiger partial charge in [-0.1, -0.05) is 46.4 Å². The fourth-order valence-electron chi connectivity index (χ4n) is 1.69. The highest BCUT2D eigenvalue weighted by molar-refractivity contribution is 9.11. The number of rotatable bonds is 0. The molecule has 0 saturated carbocycles. The molecule has 8 heteroatoms. The first-order valence-electron chi connectivity index (χ1n) is 5.11. The summed E-state index contributed by atoms with van der Waals surface area (Å²) in [6, 6.07) is 3.11. The molecule has 0 aromatic heterocycles. The highest BCUT2D eigenvalue weighted by atomic mass is 79.9. The summed E-state index contributed by atoms with van der Waals surface area (Å²) in [5.74, 6) is 1.42. The maximum Gasteiger partial charge on any atom is 0.190 e.